The van der Waals surface area contributed by atoms with E-state index in [2.05, 4.69) is 0 Å². The van der Waals surface area contributed by atoms with Crippen molar-refractivity contribution in [1.29, 1.82) is 0 Å². The summed E-state index contributed by atoms with van der Waals surface area (Å²) < 4.78 is 18.1. The maximum Gasteiger partial charge on any atom is 0.329 e. The highest BCUT2D eigenvalue weighted by Gasteiger charge is 2.53. The number of cyclic esters (lactones) is 1. The molecule has 1 aliphatic carbocycles. The molecule has 13 nitrogen and oxygen atoms in total. The molecule has 2 saturated heterocycles. The number of ether oxygens (including phenoxy) is 3. The predicted molar refractivity (Wildman–Crippen MR) is 233 cm³/mol. The highest BCUT2D eigenvalue weighted by Crippen LogP contribution is 2.37. The first-order valence-corrected chi connectivity index (χ1v) is 23.2. The second-order valence-corrected chi connectivity index (χ2v) is 19.3. The summed E-state index contributed by atoms with van der Waals surface area (Å²) in [5, 5.41) is 33.0. The molecular weight excluding hydrogens is 795 g/mol. The lowest BCUT2D eigenvalue weighted by Crippen LogP contribution is -2.61. The fraction of sp³-hybridized carbons (Fsp3) is 0.755. The van der Waals surface area contributed by atoms with E-state index >= 15 is 0 Å². The molecule has 3 heterocycles. The molecule has 3 N–H and O–H groups in total. The third kappa shape index (κ3) is 13.6. The lowest BCUT2D eigenvalue weighted by Gasteiger charge is -2.42. The van der Waals surface area contributed by atoms with Crippen LogP contribution in [0, 0.1) is 41.4 Å². The minimum Gasteiger partial charge on any atom is -0.460 e. The van der Waals surface area contributed by atoms with Gasteiger partial charge in [-0.15, -0.1) is 0 Å². The number of carbonyl (C=O) groups excluding carboxylic acids is 6. The number of amides is 1. The molecule has 0 radical (unpaired) electrons. The summed E-state index contributed by atoms with van der Waals surface area (Å²) >= 11 is 0. The van der Waals surface area contributed by atoms with Crippen LogP contribution in [0.5, 0.6) is 0 Å². The number of nitrogens with zero attached hydrogens (tertiary/aromatic N) is 1. The van der Waals surface area contributed by atoms with Crippen LogP contribution in [0.15, 0.2) is 36.0 Å². The molecule has 2 bridgehead atoms. The number of carbonyl (C=O) groups is 6. The summed E-state index contributed by atoms with van der Waals surface area (Å²) in [5.74, 6) is -10.0. The Morgan fingerprint density at radius 1 is 0.839 bits per heavy atom. The minimum absolute atomic E-state index is 0.0239. The van der Waals surface area contributed by atoms with E-state index in [-0.39, 0.29) is 55.4 Å². The maximum atomic E-state index is 14.2. The van der Waals surface area contributed by atoms with Crippen molar-refractivity contribution in [2.45, 2.75) is 181 Å². The monoisotopic (exact) mass is 870 g/mol. The van der Waals surface area contributed by atoms with Gasteiger partial charge in [0.25, 0.3) is 11.7 Å². The van der Waals surface area contributed by atoms with Crippen LogP contribution in [0.1, 0.15) is 138 Å². The molecule has 348 valence electrons. The van der Waals surface area contributed by atoms with Gasteiger partial charge in [0.2, 0.25) is 17.4 Å². The van der Waals surface area contributed by atoms with Crippen molar-refractivity contribution in [2.24, 2.45) is 41.4 Å². The number of piperidine rings is 1. The Hall–Kier alpha value is -3.36. The molecule has 3 unspecified atom stereocenters. The summed E-state index contributed by atoms with van der Waals surface area (Å²) in [7, 11) is 1.57. The summed E-state index contributed by atoms with van der Waals surface area (Å²) in [6, 6.07) is -1.13. The van der Waals surface area contributed by atoms with Gasteiger partial charge in [-0.2, -0.15) is 0 Å². The zero-order valence-electron chi connectivity index (χ0n) is 38.5. The second kappa shape index (κ2) is 23.5. The summed E-state index contributed by atoms with van der Waals surface area (Å²) in [6.07, 6.45) is 12.1. The Morgan fingerprint density at radius 3 is 2.21 bits per heavy atom. The molecule has 1 amide bonds. The Kier molecular flexibility index (Phi) is 19.5. The van der Waals surface area contributed by atoms with E-state index < -0.39 is 89.1 Å². The number of fused-ring (bicyclic) bond motifs is 3. The van der Waals surface area contributed by atoms with E-state index in [1.807, 2.05) is 51.2 Å². The average Bonchev–Trinajstić information content (AvgIpc) is 3.25. The number of hydrogen-bond acceptors (Lipinski definition) is 12. The molecule has 0 aromatic rings. The normalized spacial score (nSPS) is 38.5. The van der Waals surface area contributed by atoms with Gasteiger partial charge in [0.15, 0.2) is 0 Å². The van der Waals surface area contributed by atoms with Gasteiger partial charge in [-0.1, -0.05) is 71.9 Å². The lowest BCUT2D eigenvalue weighted by atomic mass is 9.79. The number of aliphatic hydroxyl groups is 3. The summed E-state index contributed by atoms with van der Waals surface area (Å²) in [5.41, 5.74) is 0.868. The quantitative estimate of drug-likeness (QED) is 0.215. The second-order valence-electron chi connectivity index (χ2n) is 19.3. The van der Waals surface area contributed by atoms with Crippen LogP contribution >= 0.6 is 0 Å². The number of methoxy groups -OCH3 is 1. The van der Waals surface area contributed by atoms with Crippen molar-refractivity contribution in [2.75, 3.05) is 13.7 Å². The molecule has 62 heavy (non-hydrogen) atoms. The Balaban J connectivity index is 1.65. The van der Waals surface area contributed by atoms with Gasteiger partial charge >= 0.3 is 5.97 Å². The van der Waals surface area contributed by atoms with Gasteiger partial charge in [-0.3, -0.25) is 24.0 Å². The maximum absolute atomic E-state index is 14.2. The molecule has 0 aromatic heterocycles. The third-order valence-electron chi connectivity index (χ3n) is 14.1. The molecule has 4 rings (SSSR count). The van der Waals surface area contributed by atoms with E-state index in [4.69, 9.17) is 14.2 Å². The van der Waals surface area contributed by atoms with Crippen LogP contribution in [0.2, 0.25) is 0 Å². The van der Waals surface area contributed by atoms with E-state index in [0.29, 0.717) is 57.8 Å². The third-order valence-corrected chi connectivity index (χ3v) is 14.1. The van der Waals surface area contributed by atoms with E-state index in [0.717, 1.165) is 18.4 Å². The van der Waals surface area contributed by atoms with Crippen LogP contribution < -0.4 is 0 Å². The highest BCUT2D eigenvalue weighted by molar-refractivity contribution is 6.39. The molecule has 3 aliphatic heterocycles. The van der Waals surface area contributed by atoms with Gasteiger partial charge in [0, 0.05) is 44.2 Å². The van der Waals surface area contributed by atoms with Crippen molar-refractivity contribution in [1.82, 2.24) is 4.90 Å². The standard InChI is InChI=1S/C49H75NO12/c1-29-14-10-9-11-15-30(2)41(60-8)27-38-22-17-35(7)49(59,62-38)46(56)47(57)50-23-13-12-16-39(50)48(58)61-42(32(4)26-36-18-20-37(51)21-19-36)28-40(52)31(3)25-34(6)44(54)45(55)43(53)33(5)24-29/h9-11,14-15,29,31-39,41-43,51,53,59H,12-13,16-28H2,1-8H3/b11-9?,14-10+,30-15?/t29-,31+,32+,33+,34?,35-,36?,37?,38?,39+,41+,42+,43?,49-/m1/s1. The topological polar surface area (TPSA) is 194 Å². The summed E-state index contributed by atoms with van der Waals surface area (Å²) in [6.45, 7) is 12.5. The zero-order chi connectivity index (χ0) is 45.9. The predicted octanol–water partition coefficient (Wildman–Crippen LogP) is 6.19. The van der Waals surface area contributed by atoms with Crippen molar-refractivity contribution < 1.29 is 58.3 Å². The van der Waals surface area contributed by atoms with Gasteiger partial charge in [-0.05, 0) is 113 Å². The number of rotatable bonds is 4. The molecule has 12 atom stereocenters. The van der Waals surface area contributed by atoms with E-state index in [1.54, 1.807) is 34.8 Å². The Bertz CT molecular complexity index is 1660. The Morgan fingerprint density at radius 2 is 1.53 bits per heavy atom. The first-order chi connectivity index (χ1) is 29.3. The molecule has 4 aliphatic rings. The van der Waals surface area contributed by atoms with Crippen LogP contribution in [-0.4, -0.2) is 111 Å². The molecular formula is C49H75NO12. The number of allylic oxidation sites excluding steroid dienone is 5. The Labute approximate surface area is 369 Å². The number of ketones is 4. The zero-order valence-corrected chi connectivity index (χ0v) is 38.5. The van der Waals surface area contributed by atoms with Crippen molar-refractivity contribution in [3.05, 3.63) is 36.0 Å². The first kappa shape index (κ1) is 51.3. The molecule has 0 aromatic carbocycles. The number of aliphatic hydroxyl groups excluding tert-OH is 2. The lowest BCUT2D eigenvalue weighted by molar-refractivity contribution is -0.265. The van der Waals surface area contributed by atoms with E-state index in [9.17, 15) is 44.1 Å². The molecule has 0 spiro atoms. The fourth-order valence-corrected chi connectivity index (χ4v) is 9.80. The van der Waals surface area contributed by atoms with Gasteiger partial charge in [0.1, 0.15) is 24.0 Å². The van der Waals surface area contributed by atoms with Crippen LogP contribution in [-0.2, 0) is 43.0 Å². The largest absolute Gasteiger partial charge is 0.460 e. The van der Waals surface area contributed by atoms with Crippen LogP contribution in [0.25, 0.3) is 0 Å². The summed E-state index contributed by atoms with van der Waals surface area (Å²) in [4.78, 5) is 84.2. The minimum atomic E-state index is -2.42. The highest BCUT2D eigenvalue weighted by atomic mass is 16.6. The molecule has 3 fully saturated rings. The van der Waals surface area contributed by atoms with Crippen LogP contribution in [0.3, 0.4) is 0 Å². The number of hydrogen-bond donors (Lipinski definition) is 3. The van der Waals surface area contributed by atoms with Gasteiger partial charge < -0.3 is 34.4 Å². The average molecular weight is 870 g/mol. The number of Topliss-reactive ketones (excluding diaryl/α,β-unsaturated/α-hetero) is 4. The molecule has 13 heteroatoms. The van der Waals surface area contributed by atoms with Crippen molar-refractivity contribution in [3.8, 4) is 0 Å². The molecule has 1 saturated carbocycles. The van der Waals surface area contributed by atoms with Crippen molar-refractivity contribution >= 4 is 35.0 Å². The van der Waals surface area contributed by atoms with E-state index in [1.165, 1.54) is 4.90 Å². The van der Waals surface area contributed by atoms with Crippen LogP contribution in [0.4, 0.5) is 0 Å². The smallest absolute Gasteiger partial charge is 0.329 e. The van der Waals surface area contributed by atoms with Gasteiger partial charge in [0.05, 0.1) is 18.3 Å². The van der Waals surface area contributed by atoms with Crippen molar-refractivity contribution in [3.63, 3.8) is 0 Å². The number of esters is 1. The SMILES string of the molecule is CO[C@H]1CC2CC[C@@H](C)[C@@](O)(O2)C(=O)C(=O)N2CCCC[C@H]2C(=O)O[C@H]([C@@H](C)CC2CCC(O)CC2)CC(=O)[C@@H](C)CC(C)C(=O)C(=O)C(O)[C@@H](C)C[C@H](C)/C=C/C=CC=C1C. The first-order valence-electron chi connectivity index (χ1n) is 23.2. The van der Waals surface area contributed by atoms with Gasteiger partial charge in [-0.25, -0.2) is 4.79 Å². The fourth-order valence-electron chi connectivity index (χ4n) is 9.80.